The van der Waals surface area contributed by atoms with E-state index in [9.17, 15) is 0 Å². The van der Waals surface area contributed by atoms with Gasteiger partial charge in [0.05, 0.1) is 11.9 Å². The first-order chi connectivity index (χ1) is 6.92. The van der Waals surface area contributed by atoms with E-state index in [4.69, 9.17) is 5.84 Å². The van der Waals surface area contributed by atoms with E-state index in [1.807, 2.05) is 0 Å². The van der Waals surface area contributed by atoms with Crippen molar-refractivity contribution in [2.75, 3.05) is 0 Å². The predicted molar refractivity (Wildman–Crippen MR) is 49.8 cm³/mol. The Bertz CT molecular complexity index is 370. The highest BCUT2D eigenvalue weighted by atomic mass is 15.3. The van der Waals surface area contributed by atoms with Crippen LogP contribution < -0.4 is 11.3 Å². The third-order valence-corrected chi connectivity index (χ3v) is 1.84. The van der Waals surface area contributed by atoms with Gasteiger partial charge in [-0.15, -0.1) is 0 Å². The van der Waals surface area contributed by atoms with Gasteiger partial charge >= 0.3 is 0 Å². The summed E-state index contributed by atoms with van der Waals surface area (Å²) in [4.78, 5) is 15.2. The SMILES string of the molecule is NNC(c1cnccn1)c1ncc[nH]1. The van der Waals surface area contributed by atoms with Crippen molar-refractivity contribution < 1.29 is 0 Å². The first-order valence-electron chi connectivity index (χ1n) is 4.13. The number of imidazole rings is 1. The highest BCUT2D eigenvalue weighted by Crippen LogP contribution is 2.13. The van der Waals surface area contributed by atoms with Crippen molar-refractivity contribution >= 4 is 0 Å². The van der Waals surface area contributed by atoms with Gasteiger partial charge in [0.2, 0.25) is 0 Å². The summed E-state index contributed by atoms with van der Waals surface area (Å²) in [5.74, 6) is 6.13. The monoisotopic (exact) mass is 190 g/mol. The molecule has 2 heterocycles. The van der Waals surface area contributed by atoms with Crippen molar-refractivity contribution in [2.24, 2.45) is 5.84 Å². The topological polar surface area (TPSA) is 92.5 Å². The third-order valence-electron chi connectivity index (χ3n) is 1.84. The van der Waals surface area contributed by atoms with Crippen LogP contribution >= 0.6 is 0 Å². The molecular formula is C8H10N6. The first-order valence-corrected chi connectivity index (χ1v) is 4.13. The molecule has 0 saturated heterocycles. The van der Waals surface area contributed by atoms with Crippen molar-refractivity contribution in [2.45, 2.75) is 6.04 Å². The summed E-state index contributed by atoms with van der Waals surface area (Å²) < 4.78 is 0. The summed E-state index contributed by atoms with van der Waals surface area (Å²) in [5, 5.41) is 0. The number of nitrogens with one attached hydrogen (secondary N) is 2. The number of hydrogen-bond donors (Lipinski definition) is 3. The number of aromatic amines is 1. The standard InChI is InChI=1S/C8H10N6/c9-14-7(8-12-3-4-13-8)6-5-10-1-2-11-6/h1-5,7,14H,9H2,(H,12,13). The van der Waals surface area contributed by atoms with Crippen molar-refractivity contribution in [3.63, 3.8) is 0 Å². The summed E-state index contributed by atoms with van der Waals surface area (Å²) in [6.45, 7) is 0. The molecule has 0 aliphatic heterocycles. The lowest BCUT2D eigenvalue weighted by Crippen LogP contribution is -2.30. The van der Waals surface area contributed by atoms with Crippen molar-refractivity contribution in [3.8, 4) is 0 Å². The molecular weight excluding hydrogens is 180 g/mol. The molecule has 6 heteroatoms. The average Bonchev–Trinajstić information content (AvgIpc) is 2.74. The maximum atomic E-state index is 5.42. The Labute approximate surface area is 80.6 Å². The lowest BCUT2D eigenvalue weighted by atomic mass is 10.2. The van der Waals surface area contributed by atoms with Crippen LogP contribution in [0.4, 0.5) is 0 Å². The number of nitrogens with zero attached hydrogens (tertiary/aromatic N) is 3. The van der Waals surface area contributed by atoms with Gasteiger partial charge in [0.15, 0.2) is 0 Å². The van der Waals surface area contributed by atoms with Gasteiger partial charge in [-0.2, -0.15) is 0 Å². The van der Waals surface area contributed by atoms with Gasteiger partial charge in [-0.25, -0.2) is 10.4 Å². The van der Waals surface area contributed by atoms with Crippen LogP contribution in [0.1, 0.15) is 17.6 Å². The van der Waals surface area contributed by atoms with Crippen LogP contribution in [-0.2, 0) is 0 Å². The molecule has 0 saturated carbocycles. The van der Waals surface area contributed by atoms with E-state index in [2.05, 4.69) is 25.4 Å². The Kier molecular flexibility index (Phi) is 2.48. The summed E-state index contributed by atoms with van der Waals surface area (Å²) in [6.07, 6.45) is 8.26. The summed E-state index contributed by atoms with van der Waals surface area (Å²) in [5.41, 5.74) is 3.35. The Morgan fingerprint density at radius 1 is 1.29 bits per heavy atom. The van der Waals surface area contributed by atoms with Gasteiger partial charge in [0.25, 0.3) is 0 Å². The van der Waals surface area contributed by atoms with E-state index in [0.29, 0.717) is 5.82 Å². The molecule has 0 bridgehead atoms. The highest BCUT2D eigenvalue weighted by molar-refractivity contribution is 5.13. The second kappa shape index (κ2) is 3.95. The zero-order valence-electron chi connectivity index (χ0n) is 7.38. The summed E-state index contributed by atoms with van der Waals surface area (Å²) >= 11 is 0. The molecule has 2 rings (SSSR count). The number of rotatable bonds is 3. The average molecular weight is 190 g/mol. The van der Waals surface area contributed by atoms with E-state index >= 15 is 0 Å². The maximum absolute atomic E-state index is 5.42. The fraction of sp³-hybridized carbons (Fsp3) is 0.125. The molecule has 0 aliphatic carbocycles. The molecule has 0 aromatic carbocycles. The van der Waals surface area contributed by atoms with Gasteiger partial charge in [-0.3, -0.25) is 15.8 Å². The highest BCUT2D eigenvalue weighted by Gasteiger charge is 2.15. The largest absolute Gasteiger partial charge is 0.347 e. The van der Waals surface area contributed by atoms with Crippen molar-refractivity contribution in [1.82, 2.24) is 25.4 Å². The number of hydrazine groups is 1. The molecule has 0 amide bonds. The Morgan fingerprint density at radius 2 is 2.21 bits per heavy atom. The van der Waals surface area contributed by atoms with E-state index in [1.54, 1.807) is 31.0 Å². The zero-order chi connectivity index (χ0) is 9.80. The molecule has 2 aromatic heterocycles. The smallest absolute Gasteiger partial charge is 0.130 e. The molecule has 0 fully saturated rings. The normalized spacial score (nSPS) is 12.6. The molecule has 4 N–H and O–H groups in total. The molecule has 2 aromatic rings. The van der Waals surface area contributed by atoms with Crippen LogP contribution in [0.5, 0.6) is 0 Å². The van der Waals surface area contributed by atoms with Crippen LogP contribution in [0.25, 0.3) is 0 Å². The van der Waals surface area contributed by atoms with Crippen LogP contribution in [0.3, 0.4) is 0 Å². The predicted octanol–water partition coefficient (Wildman–Crippen LogP) is -0.248. The van der Waals surface area contributed by atoms with Crippen LogP contribution in [0.2, 0.25) is 0 Å². The lowest BCUT2D eigenvalue weighted by molar-refractivity contribution is 0.590. The summed E-state index contributed by atoms with van der Waals surface area (Å²) in [6, 6.07) is -0.251. The van der Waals surface area contributed by atoms with E-state index < -0.39 is 0 Å². The molecule has 0 spiro atoms. The van der Waals surface area contributed by atoms with Crippen molar-refractivity contribution in [1.29, 1.82) is 0 Å². The minimum Gasteiger partial charge on any atom is -0.347 e. The Hall–Kier alpha value is -1.79. The Morgan fingerprint density at radius 3 is 2.79 bits per heavy atom. The molecule has 1 unspecified atom stereocenters. The fourth-order valence-electron chi connectivity index (χ4n) is 1.20. The number of nitrogens with two attached hydrogens (primary N) is 1. The molecule has 0 radical (unpaired) electrons. The van der Waals surface area contributed by atoms with Crippen molar-refractivity contribution in [3.05, 3.63) is 42.5 Å². The number of aromatic nitrogens is 4. The van der Waals surface area contributed by atoms with E-state index in [-0.39, 0.29) is 6.04 Å². The third kappa shape index (κ3) is 1.61. The van der Waals surface area contributed by atoms with Gasteiger partial charge in [-0.05, 0) is 0 Å². The zero-order valence-corrected chi connectivity index (χ0v) is 7.38. The fourth-order valence-corrected chi connectivity index (χ4v) is 1.20. The molecule has 14 heavy (non-hydrogen) atoms. The Balaban J connectivity index is 2.31. The second-order valence-electron chi connectivity index (χ2n) is 2.70. The quantitative estimate of drug-likeness (QED) is 0.458. The summed E-state index contributed by atoms with van der Waals surface area (Å²) in [7, 11) is 0. The minimum atomic E-state index is -0.251. The molecule has 1 atom stereocenters. The van der Waals surface area contributed by atoms with E-state index in [0.717, 1.165) is 5.69 Å². The maximum Gasteiger partial charge on any atom is 0.130 e. The van der Waals surface area contributed by atoms with E-state index in [1.165, 1.54) is 0 Å². The number of hydrogen-bond acceptors (Lipinski definition) is 5. The minimum absolute atomic E-state index is 0.251. The van der Waals surface area contributed by atoms with Crippen LogP contribution in [-0.4, -0.2) is 19.9 Å². The molecule has 0 aliphatic rings. The van der Waals surface area contributed by atoms with Gasteiger partial charge in [0, 0.05) is 24.8 Å². The molecule has 6 nitrogen and oxygen atoms in total. The number of H-pyrrole nitrogens is 1. The van der Waals surface area contributed by atoms with Crippen LogP contribution in [0.15, 0.2) is 31.0 Å². The first kappa shape index (κ1) is 8.79. The van der Waals surface area contributed by atoms with Gasteiger partial charge in [-0.1, -0.05) is 0 Å². The van der Waals surface area contributed by atoms with Gasteiger partial charge in [0.1, 0.15) is 11.9 Å². The second-order valence-corrected chi connectivity index (χ2v) is 2.70. The molecule has 72 valence electrons. The van der Waals surface area contributed by atoms with Crippen LogP contribution in [0, 0.1) is 0 Å². The lowest BCUT2D eigenvalue weighted by Gasteiger charge is -2.11. The van der Waals surface area contributed by atoms with Gasteiger partial charge < -0.3 is 4.98 Å².